The molecule has 0 radical (unpaired) electrons. The van der Waals surface area contributed by atoms with E-state index in [4.69, 9.17) is 0 Å². The Morgan fingerprint density at radius 1 is 1.07 bits per heavy atom. The summed E-state index contributed by atoms with van der Waals surface area (Å²) in [7, 11) is 0. The minimum absolute atomic E-state index is 0.0832. The summed E-state index contributed by atoms with van der Waals surface area (Å²) in [6.07, 6.45) is 0. The van der Waals surface area contributed by atoms with E-state index in [-0.39, 0.29) is 11.8 Å². The van der Waals surface area contributed by atoms with Crippen molar-refractivity contribution in [2.24, 2.45) is 0 Å². The number of hydrogen-bond donors (Lipinski definition) is 0. The molecule has 1 fully saturated rings. The van der Waals surface area contributed by atoms with Gasteiger partial charge in [-0.3, -0.25) is 14.5 Å². The number of hydrogen-bond acceptors (Lipinski definition) is 3. The van der Waals surface area contributed by atoms with Crippen molar-refractivity contribution in [2.75, 3.05) is 11.5 Å². The summed E-state index contributed by atoms with van der Waals surface area (Å²) >= 11 is 1.38. The zero-order chi connectivity index (χ0) is 10.7. The van der Waals surface area contributed by atoms with E-state index >= 15 is 0 Å². The highest BCUT2D eigenvalue weighted by Crippen LogP contribution is 2.15. The minimum atomic E-state index is -0.0832. The third-order valence-electron chi connectivity index (χ3n) is 2.24. The minimum Gasteiger partial charge on any atom is -0.277 e. The highest BCUT2D eigenvalue weighted by atomic mass is 32.2. The predicted molar refractivity (Wildman–Crippen MR) is 59.3 cm³/mol. The van der Waals surface area contributed by atoms with Gasteiger partial charge in [0.05, 0.1) is 18.1 Å². The fraction of sp³-hybridized carbons (Fsp3) is 0.273. The first-order chi connectivity index (χ1) is 7.27. The molecule has 0 atom stereocenters. The molecule has 0 bridgehead atoms. The highest BCUT2D eigenvalue weighted by Gasteiger charge is 2.25. The normalized spacial score (nSPS) is 16.9. The molecule has 0 saturated carbocycles. The van der Waals surface area contributed by atoms with Crippen LogP contribution in [0.3, 0.4) is 0 Å². The SMILES string of the molecule is O=C1CSCC(=O)N1Cc1ccccc1. The summed E-state index contributed by atoms with van der Waals surface area (Å²) < 4.78 is 0. The van der Waals surface area contributed by atoms with Crippen LogP contribution in [0.4, 0.5) is 0 Å². The van der Waals surface area contributed by atoms with Crippen LogP contribution in [-0.4, -0.2) is 28.2 Å². The zero-order valence-electron chi connectivity index (χ0n) is 8.18. The molecule has 0 aliphatic carbocycles. The van der Waals surface area contributed by atoms with Crippen molar-refractivity contribution >= 4 is 23.6 Å². The molecule has 0 N–H and O–H groups in total. The lowest BCUT2D eigenvalue weighted by Gasteiger charge is -2.24. The Hall–Kier alpha value is -1.29. The van der Waals surface area contributed by atoms with E-state index in [0.717, 1.165) is 5.56 Å². The van der Waals surface area contributed by atoms with E-state index in [9.17, 15) is 9.59 Å². The summed E-state index contributed by atoms with van der Waals surface area (Å²) in [5.74, 6) is 0.664. The lowest BCUT2D eigenvalue weighted by molar-refractivity contribution is -0.142. The third-order valence-corrected chi connectivity index (χ3v) is 3.14. The Bertz CT molecular complexity index is 361. The lowest BCUT2D eigenvalue weighted by Crippen LogP contribution is -2.42. The van der Waals surface area contributed by atoms with Crippen LogP contribution in [0.25, 0.3) is 0 Å². The number of thioether (sulfide) groups is 1. The van der Waals surface area contributed by atoms with Crippen molar-refractivity contribution in [1.29, 1.82) is 0 Å². The van der Waals surface area contributed by atoms with Gasteiger partial charge in [-0.25, -0.2) is 0 Å². The molecule has 2 amide bonds. The number of nitrogens with zero attached hydrogens (tertiary/aromatic N) is 1. The Balaban J connectivity index is 2.10. The maximum Gasteiger partial charge on any atom is 0.239 e. The molecular weight excluding hydrogens is 210 g/mol. The first kappa shape index (κ1) is 10.2. The largest absolute Gasteiger partial charge is 0.277 e. The van der Waals surface area contributed by atoms with Crippen LogP contribution < -0.4 is 0 Å². The third kappa shape index (κ3) is 2.39. The van der Waals surface area contributed by atoms with Gasteiger partial charge in [0, 0.05) is 0 Å². The lowest BCUT2D eigenvalue weighted by atomic mass is 10.2. The Morgan fingerprint density at radius 2 is 1.67 bits per heavy atom. The Labute approximate surface area is 92.5 Å². The van der Waals surface area contributed by atoms with Gasteiger partial charge >= 0.3 is 0 Å². The molecule has 1 aromatic carbocycles. The van der Waals surface area contributed by atoms with Crippen LogP contribution in [0.2, 0.25) is 0 Å². The van der Waals surface area contributed by atoms with E-state index in [1.165, 1.54) is 16.7 Å². The topological polar surface area (TPSA) is 37.4 Å². The predicted octanol–water partition coefficient (Wildman–Crippen LogP) is 1.29. The number of amides is 2. The van der Waals surface area contributed by atoms with E-state index in [0.29, 0.717) is 18.1 Å². The van der Waals surface area contributed by atoms with Crippen molar-refractivity contribution in [3.8, 4) is 0 Å². The molecular formula is C11H11NO2S. The van der Waals surface area contributed by atoms with Crippen LogP contribution in [0, 0.1) is 0 Å². The van der Waals surface area contributed by atoms with Crippen molar-refractivity contribution < 1.29 is 9.59 Å². The quantitative estimate of drug-likeness (QED) is 0.706. The Kier molecular flexibility index (Phi) is 3.06. The maximum absolute atomic E-state index is 11.5. The number of imide groups is 1. The van der Waals surface area contributed by atoms with Gasteiger partial charge in [0.25, 0.3) is 0 Å². The number of carbonyl (C=O) groups is 2. The molecule has 3 nitrogen and oxygen atoms in total. The molecule has 1 aromatic rings. The first-order valence-electron chi connectivity index (χ1n) is 4.72. The van der Waals surface area contributed by atoms with Crippen molar-refractivity contribution in [1.82, 2.24) is 4.90 Å². The smallest absolute Gasteiger partial charge is 0.239 e. The van der Waals surface area contributed by atoms with Crippen molar-refractivity contribution in [3.63, 3.8) is 0 Å². The molecule has 0 unspecified atom stereocenters. The average molecular weight is 221 g/mol. The van der Waals surface area contributed by atoms with Crippen molar-refractivity contribution in [2.45, 2.75) is 6.54 Å². The molecule has 1 aliphatic heterocycles. The van der Waals surface area contributed by atoms with Crippen LogP contribution >= 0.6 is 11.8 Å². The second-order valence-corrected chi connectivity index (χ2v) is 4.34. The summed E-state index contributed by atoms with van der Waals surface area (Å²) in [4.78, 5) is 24.3. The van der Waals surface area contributed by atoms with Gasteiger partial charge in [-0.15, -0.1) is 11.8 Å². The van der Waals surface area contributed by atoms with Gasteiger partial charge in [0.2, 0.25) is 11.8 Å². The van der Waals surface area contributed by atoms with E-state index in [1.54, 1.807) is 0 Å². The van der Waals surface area contributed by atoms with Gasteiger partial charge in [-0.05, 0) is 5.56 Å². The standard InChI is InChI=1S/C11H11NO2S/c13-10-7-15-8-11(14)12(10)6-9-4-2-1-3-5-9/h1-5H,6-8H2. The molecule has 4 heteroatoms. The van der Waals surface area contributed by atoms with Crippen LogP contribution in [0.15, 0.2) is 30.3 Å². The molecule has 15 heavy (non-hydrogen) atoms. The molecule has 0 aromatic heterocycles. The van der Waals surface area contributed by atoms with Crippen LogP contribution in [-0.2, 0) is 16.1 Å². The molecule has 0 spiro atoms. The summed E-state index contributed by atoms with van der Waals surface area (Å²) in [5, 5.41) is 0. The zero-order valence-corrected chi connectivity index (χ0v) is 9.00. The van der Waals surface area contributed by atoms with Gasteiger partial charge in [0.1, 0.15) is 0 Å². The monoisotopic (exact) mass is 221 g/mol. The number of rotatable bonds is 2. The van der Waals surface area contributed by atoms with E-state index in [1.807, 2.05) is 30.3 Å². The number of benzene rings is 1. The molecule has 78 valence electrons. The average Bonchev–Trinajstić information content (AvgIpc) is 2.25. The summed E-state index contributed by atoms with van der Waals surface area (Å²) in [6.45, 7) is 0.402. The molecule has 1 aliphatic rings. The van der Waals surface area contributed by atoms with Crippen LogP contribution in [0.1, 0.15) is 5.56 Å². The summed E-state index contributed by atoms with van der Waals surface area (Å²) in [5.41, 5.74) is 0.992. The molecule has 2 rings (SSSR count). The number of carbonyl (C=O) groups excluding carboxylic acids is 2. The van der Waals surface area contributed by atoms with E-state index in [2.05, 4.69) is 0 Å². The van der Waals surface area contributed by atoms with Gasteiger partial charge < -0.3 is 0 Å². The van der Waals surface area contributed by atoms with E-state index < -0.39 is 0 Å². The van der Waals surface area contributed by atoms with Gasteiger partial charge in [-0.1, -0.05) is 30.3 Å². The van der Waals surface area contributed by atoms with Gasteiger partial charge in [0.15, 0.2) is 0 Å². The van der Waals surface area contributed by atoms with Gasteiger partial charge in [-0.2, -0.15) is 0 Å². The fourth-order valence-corrected chi connectivity index (χ4v) is 2.23. The second kappa shape index (κ2) is 4.49. The first-order valence-corrected chi connectivity index (χ1v) is 5.88. The van der Waals surface area contributed by atoms with Crippen LogP contribution in [0.5, 0.6) is 0 Å². The molecule has 1 heterocycles. The highest BCUT2D eigenvalue weighted by molar-refractivity contribution is 8.00. The maximum atomic E-state index is 11.5. The molecule has 1 saturated heterocycles. The van der Waals surface area contributed by atoms with Crippen molar-refractivity contribution in [3.05, 3.63) is 35.9 Å². The second-order valence-electron chi connectivity index (χ2n) is 3.35. The summed E-state index contributed by atoms with van der Waals surface area (Å²) in [6, 6.07) is 9.57. The fourth-order valence-electron chi connectivity index (χ4n) is 1.46. The Morgan fingerprint density at radius 3 is 2.27 bits per heavy atom.